The number of benzene rings is 1. The summed E-state index contributed by atoms with van der Waals surface area (Å²) >= 11 is 0. The van der Waals surface area contributed by atoms with Gasteiger partial charge in [-0.2, -0.15) is 0 Å². The Bertz CT molecular complexity index is 395. The molecule has 100 valence electrons. The number of aryl methyl sites for hydroxylation is 1. The van der Waals surface area contributed by atoms with E-state index >= 15 is 0 Å². The van der Waals surface area contributed by atoms with Crippen molar-refractivity contribution >= 4 is 17.3 Å². The van der Waals surface area contributed by atoms with Gasteiger partial charge in [-0.15, -0.1) is 0 Å². The molecular weight excluding hydrogens is 224 g/mol. The van der Waals surface area contributed by atoms with Crippen LogP contribution in [0.15, 0.2) is 18.2 Å². The monoisotopic (exact) mass is 248 g/mol. The van der Waals surface area contributed by atoms with Crippen molar-refractivity contribution in [3.8, 4) is 0 Å². The molecule has 18 heavy (non-hydrogen) atoms. The first-order valence-electron chi connectivity index (χ1n) is 6.75. The molecule has 0 saturated heterocycles. The highest BCUT2D eigenvalue weighted by molar-refractivity contribution is 5.95. The predicted molar refractivity (Wildman–Crippen MR) is 77.5 cm³/mol. The number of rotatable bonds is 6. The van der Waals surface area contributed by atoms with Crippen molar-refractivity contribution in [2.75, 3.05) is 11.1 Å². The van der Waals surface area contributed by atoms with E-state index in [0.717, 1.165) is 36.9 Å². The lowest BCUT2D eigenvalue weighted by Gasteiger charge is -2.16. The van der Waals surface area contributed by atoms with Crippen LogP contribution in [0.5, 0.6) is 0 Å². The Labute approximate surface area is 110 Å². The fraction of sp³-hybridized carbons (Fsp3) is 0.533. The Kier molecular flexibility index (Phi) is 5.69. The van der Waals surface area contributed by atoms with Gasteiger partial charge < -0.3 is 11.1 Å². The van der Waals surface area contributed by atoms with Crippen molar-refractivity contribution in [1.29, 1.82) is 0 Å². The smallest absolute Gasteiger partial charge is 0.227 e. The normalized spacial score (nSPS) is 10.7. The van der Waals surface area contributed by atoms with Crippen LogP contribution in [0.25, 0.3) is 0 Å². The van der Waals surface area contributed by atoms with E-state index < -0.39 is 0 Å². The van der Waals surface area contributed by atoms with Crippen molar-refractivity contribution in [2.24, 2.45) is 5.92 Å². The number of nitrogens with one attached hydrogen (secondary N) is 1. The number of carbonyl (C=O) groups is 1. The Balaban J connectivity index is 2.72. The molecule has 0 aliphatic carbocycles. The van der Waals surface area contributed by atoms with Gasteiger partial charge in [-0.3, -0.25) is 4.79 Å². The van der Waals surface area contributed by atoms with E-state index in [4.69, 9.17) is 5.73 Å². The maximum Gasteiger partial charge on any atom is 0.227 e. The summed E-state index contributed by atoms with van der Waals surface area (Å²) in [5.74, 6) is 0.190. The summed E-state index contributed by atoms with van der Waals surface area (Å²) < 4.78 is 0. The molecule has 0 aliphatic rings. The zero-order chi connectivity index (χ0) is 13.5. The lowest BCUT2D eigenvalue weighted by molar-refractivity contribution is -0.120. The largest absolute Gasteiger partial charge is 0.397 e. The molecule has 0 heterocycles. The molecule has 0 aliphatic heterocycles. The second-order valence-corrected chi connectivity index (χ2v) is 4.85. The SMILES string of the molecule is CCCC(CCC)C(=O)Nc1ccc(C)cc1N. The zero-order valence-corrected chi connectivity index (χ0v) is 11.6. The molecule has 0 unspecified atom stereocenters. The molecule has 0 spiro atoms. The summed E-state index contributed by atoms with van der Waals surface area (Å²) in [6.45, 7) is 6.20. The Hall–Kier alpha value is -1.51. The van der Waals surface area contributed by atoms with Crippen molar-refractivity contribution in [2.45, 2.75) is 46.5 Å². The molecule has 3 nitrogen and oxygen atoms in total. The van der Waals surface area contributed by atoms with E-state index in [1.807, 2.05) is 25.1 Å². The van der Waals surface area contributed by atoms with Crippen molar-refractivity contribution in [3.05, 3.63) is 23.8 Å². The number of hydrogen-bond donors (Lipinski definition) is 2. The van der Waals surface area contributed by atoms with Gasteiger partial charge in [0, 0.05) is 5.92 Å². The highest BCUT2D eigenvalue weighted by atomic mass is 16.1. The number of carbonyl (C=O) groups excluding carboxylic acids is 1. The average molecular weight is 248 g/mol. The van der Waals surface area contributed by atoms with Gasteiger partial charge in [-0.1, -0.05) is 32.8 Å². The molecule has 0 atom stereocenters. The fourth-order valence-corrected chi connectivity index (χ4v) is 2.13. The van der Waals surface area contributed by atoms with Crippen molar-refractivity contribution < 1.29 is 4.79 Å². The molecule has 0 bridgehead atoms. The van der Waals surface area contributed by atoms with Crippen LogP contribution in [0, 0.1) is 12.8 Å². The summed E-state index contributed by atoms with van der Waals surface area (Å²) in [5, 5.41) is 2.94. The van der Waals surface area contributed by atoms with E-state index in [2.05, 4.69) is 19.2 Å². The molecule has 1 rings (SSSR count). The number of amides is 1. The van der Waals surface area contributed by atoms with E-state index in [-0.39, 0.29) is 11.8 Å². The summed E-state index contributed by atoms with van der Waals surface area (Å²) in [6, 6.07) is 5.71. The lowest BCUT2D eigenvalue weighted by atomic mass is 9.97. The molecule has 1 amide bonds. The van der Waals surface area contributed by atoms with Crippen LogP contribution in [0.4, 0.5) is 11.4 Å². The summed E-state index contributed by atoms with van der Waals surface area (Å²) in [7, 11) is 0. The standard InChI is InChI=1S/C15H24N2O/c1-4-6-12(7-5-2)15(18)17-14-9-8-11(3)10-13(14)16/h8-10,12H,4-7,16H2,1-3H3,(H,17,18). The number of nitrogen functional groups attached to an aromatic ring is 1. The van der Waals surface area contributed by atoms with Crippen LogP contribution in [-0.2, 0) is 4.79 Å². The molecule has 1 aromatic rings. The highest BCUT2D eigenvalue weighted by Crippen LogP contribution is 2.22. The first kappa shape index (κ1) is 14.6. The fourth-order valence-electron chi connectivity index (χ4n) is 2.13. The van der Waals surface area contributed by atoms with Gasteiger partial charge in [0.15, 0.2) is 0 Å². The van der Waals surface area contributed by atoms with E-state index in [9.17, 15) is 4.79 Å². The van der Waals surface area contributed by atoms with Crippen LogP contribution in [0.2, 0.25) is 0 Å². The van der Waals surface area contributed by atoms with Gasteiger partial charge in [-0.05, 0) is 37.5 Å². The third-order valence-corrected chi connectivity index (χ3v) is 3.11. The van der Waals surface area contributed by atoms with Gasteiger partial charge >= 0.3 is 0 Å². The maximum atomic E-state index is 12.2. The second-order valence-electron chi connectivity index (χ2n) is 4.85. The van der Waals surface area contributed by atoms with Crippen LogP contribution in [-0.4, -0.2) is 5.91 Å². The maximum absolute atomic E-state index is 12.2. The Morgan fingerprint density at radius 3 is 2.39 bits per heavy atom. The third kappa shape index (κ3) is 4.06. The molecule has 0 aromatic heterocycles. The summed E-state index contributed by atoms with van der Waals surface area (Å²) in [5.41, 5.74) is 8.36. The van der Waals surface area contributed by atoms with Gasteiger partial charge in [0.1, 0.15) is 0 Å². The van der Waals surface area contributed by atoms with Crippen LogP contribution in [0.1, 0.15) is 45.1 Å². The quantitative estimate of drug-likeness (QED) is 0.754. The van der Waals surface area contributed by atoms with Crippen molar-refractivity contribution in [3.63, 3.8) is 0 Å². The molecule has 0 fully saturated rings. The summed E-state index contributed by atoms with van der Waals surface area (Å²) in [6.07, 6.45) is 3.93. The summed E-state index contributed by atoms with van der Waals surface area (Å²) in [4.78, 5) is 12.2. The molecular formula is C15H24N2O. The third-order valence-electron chi connectivity index (χ3n) is 3.11. The highest BCUT2D eigenvalue weighted by Gasteiger charge is 2.17. The lowest BCUT2D eigenvalue weighted by Crippen LogP contribution is -2.23. The van der Waals surface area contributed by atoms with Gasteiger partial charge in [-0.25, -0.2) is 0 Å². The van der Waals surface area contributed by atoms with Crippen LogP contribution in [0.3, 0.4) is 0 Å². The minimum atomic E-state index is 0.0919. The van der Waals surface area contributed by atoms with Crippen molar-refractivity contribution in [1.82, 2.24) is 0 Å². The first-order valence-corrected chi connectivity index (χ1v) is 6.75. The minimum absolute atomic E-state index is 0.0919. The molecule has 3 heteroatoms. The molecule has 0 saturated carbocycles. The van der Waals surface area contributed by atoms with Gasteiger partial charge in [0.25, 0.3) is 0 Å². The number of hydrogen-bond acceptors (Lipinski definition) is 2. The van der Waals surface area contributed by atoms with E-state index in [1.54, 1.807) is 0 Å². The average Bonchev–Trinajstić information content (AvgIpc) is 2.32. The molecule has 3 N–H and O–H groups in total. The van der Waals surface area contributed by atoms with E-state index in [1.165, 1.54) is 0 Å². The molecule has 0 radical (unpaired) electrons. The minimum Gasteiger partial charge on any atom is -0.397 e. The van der Waals surface area contributed by atoms with E-state index in [0.29, 0.717) is 5.69 Å². The van der Waals surface area contributed by atoms with Gasteiger partial charge in [0.2, 0.25) is 5.91 Å². The topological polar surface area (TPSA) is 55.1 Å². The van der Waals surface area contributed by atoms with Crippen LogP contribution >= 0.6 is 0 Å². The zero-order valence-electron chi connectivity index (χ0n) is 11.6. The predicted octanol–water partition coefficient (Wildman–Crippen LogP) is 3.73. The van der Waals surface area contributed by atoms with Crippen LogP contribution < -0.4 is 11.1 Å². The van der Waals surface area contributed by atoms with Gasteiger partial charge in [0.05, 0.1) is 11.4 Å². The number of anilines is 2. The molecule has 1 aromatic carbocycles. The Morgan fingerprint density at radius 1 is 1.28 bits per heavy atom. The Morgan fingerprint density at radius 2 is 1.89 bits per heavy atom. The number of nitrogens with two attached hydrogens (primary N) is 1. The second kappa shape index (κ2) is 7.04. The first-order chi connectivity index (χ1) is 8.58.